The Morgan fingerprint density at radius 2 is 1.04 bits per heavy atom. The van der Waals surface area contributed by atoms with E-state index in [1.165, 1.54) is 0 Å². The smallest absolute Gasteiger partial charge is 0.423 e. The summed E-state index contributed by atoms with van der Waals surface area (Å²) in [5.41, 5.74) is 1.68. The number of benzene rings is 2. The van der Waals surface area contributed by atoms with Crippen LogP contribution in [-0.2, 0) is 18.9 Å². The Hall–Kier alpha value is -2.37. The Bertz CT molecular complexity index is 601. The minimum absolute atomic E-state index is 0.319. The Balaban J connectivity index is 2.14. The van der Waals surface area contributed by atoms with Crippen molar-refractivity contribution in [1.82, 2.24) is 0 Å². The van der Waals surface area contributed by atoms with E-state index in [-0.39, 0.29) is 12.2 Å². The highest BCUT2D eigenvalue weighted by Gasteiger charge is 2.28. The molecular formula is C21H26O5. The third-order valence-electron chi connectivity index (χ3n) is 4.30. The molecule has 0 amide bonds. The molecule has 2 aromatic carbocycles. The topological polar surface area (TPSA) is 54.0 Å². The van der Waals surface area contributed by atoms with Crippen LogP contribution in [0.4, 0.5) is 4.79 Å². The molecule has 0 aromatic heterocycles. The monoisotopic (exact) mass is 358 g/mol. The number of methoxy groups -OCH3 is 2. The predicted octanol–water partition coefficient (Wildman–Crippen LogP) is 4.69. The first-order valence-corrected chi connectivity index (χ1v) is 8.59. The van der Waals surface area contributed by atoms with Gasteiger partial charge in [-0.15, -0.1) is 0 Å². The first kappa shape index (κ1) is 19.9. The molecule has 0 aliphatic heterocycles. The fourth-order valence-electron chi connectivity index (χ4n) is 2.64. The van der Waals surface area contributed by atoms with Gasteiger partial charge in [-0.1, -0.05) is 60.7 Å². The van der Waals surface area contributed by atoms with Gasteiger partial charge in [-0.3, -0.25) is 0 Å². The van der Waals surface area contributed by atoms with Gasteiger partial charge >= 0.3 is 6.16 Å². The molecule has 0 saturated heterocycles. The lowest BCUT2D eigenvalue weighted by molar-refractivity contribution is -0.0774. The molecule has 0 N–H and O–H groups in total. The molecule has 0 fully saturated rings. The molecule has 4 atom stereocenters. The summed E-state index contributed by atoms with van der Waals surface area (Å²) in [5, 5.41) is 0. The van der Waals surface area contributed by atoms with Crippen molar-refractivity contribution in [3.05, 3.63) is 71.8 Å². The Kier molecular flexibility index (Phi) is 7.63. The number of carbonyl (C=O) groups excluding carboxylic acids is 1. The molecule has 2 aromatic rings. The Morgan fingerprint density at radius 3 is 1.35 bits per heavy atom. The van der Waals surface area contributed by atoms with Gasteiger partial charge in [0.15, 0.2) is 12.2 Å². The second-order valence-electron chi connectivity index (χ2n) is 6.03. The molecule has 4 unspecified atom stereocenters. The minimum atomic E-state index is -0.763. The maximum absolute atomic E-state index is 12.5. The van der Waals surface area contributed by atoms with Crippen molar-refractivity contribution in [1.29, 1.82) is 0 Å². The zero-order chi connectivity index (χ0) is 18.9. The van der Waals surface area contributed by atoms with Gasteiger partial charge in [0, 0.05) is 14.2 Å². The molecule has 5 heteroatoms. The number of hydrogen-bond donors (Lipinski definition) is 0. The normalized spacial score (nSPS) is 15.5. The molecule has 0 saturated carbocycles. The van der Waals surface area contributed by atoms with Crippen LogP contribution in [0.2, 0.25) is 0 Å². The van der Waals surface area contributed by atoms with Gasteiger partial charge < -0.3 is 18.9 Å². The second-order valence-corrected chi connectivity index (χ2v) is 6.03. The summed E-state index contributed by atoms with van der Waals surface area (Å²) < 4.78 is 21.9. The van der Waals surface area contributed by atoms with Crippen molar-refractivity contribution in [3.63, 3.8) is 0 Å². The molecular weight excluding hydrogens is 332 g/mol. The standard InChI is InChI=1S/C21H26O5/c1-15(23-3)19(17-11-7-5-8-12-17)25-21(22)26-20(16(2)24-4)18-13-9-6-10-14-18/h5-16,19-20H,1-4H3. The molecule has 2 rings (SSSR count). The van der Waals surface area contributed by atoms with Crippen LogP contribution in [0.15, 0.2) is 60.7 Å². The van der Waals surface area contributed by atoms with Crippen molar-refractivity contribution < 1.29 is 23.7 Å². The Morgan fingerprint density at radius 1 is 0.692 bits per heavy atom. The number of ether oxygens (including phenoxy) is 4. The Labute approximate surface area is 154 Å². The van der Waals surface area contributed by atoms with Crippen LogP contribution < -0.4 is 0 Å². The van der Waals surface area contributed by atoms with Gasteiger partial charge in [0.1, 0.15) is 0 Å². The lowest BCUT2D eigenvalue weighted by Gasteiger charge is -2.27. The van der Waals surface area contributed by atoms with Crippen molar-refractivity contribution >= 4 is 6.16 Å². The summed E-state index contributed by atoms with van der Waals surface area (Å²) in [6, 6.07) is 18.9. The van der Waals surface area contributed by atoms with Crippen LogP contribution in [0.25, 0.3) is 0 Å². The third kappa shape index (κ3) is 5.31. The van der Waals surface area contributed by atoms with Crippen LogP contribution in [0.5, 0.6) is 0 Å². The minimum Gasteiger partial charge on any atom is -0.423 e. The fraction of sp³-hybridized carbons (Fsp3) is 0.381. The summed E-state index contributed by atoms with van der Waals surface area (Å²) in [7, 11) is 3.16. The highest BCUT2D eigenvalue weighted by atomic mass is 16.7. The third-order valence-corrected chi connectivity index (χ3v) is 4.30. The SMILES string of the molecule is COC(C)C(OC(=O)OC(c1ccccc1)C(C)OC)c1ccccc1. The van der Waals surface area contributed by atoms with E-state index in [1.54, 1.807) is 14.2 Å². The van der Waals surface area contributed by atoms with Crippen LogP contribution >= 0.6 is 0 Å². The summed E-state index contributed by atoms with van der Waals surface area (Å²) in [5.74, 6) is 0. The average Bonchev–Trinajstić information content (AvgIpc) is 2.70. The predicted molar refractivity (Wildman–Crippen MR) is 98.9 cm³/mol. The van der Waals surface area contributed by atoms with Crippen molar-refractivity contribution in [2.45, 2.75) is 38.3 Å². The quantitative estimate of drug-likeness (QED) is 0.641. The van der Waals surface area contributed by atoms with E-state index in [2.05, 4.69) is 0 Å². The van der Waals surface area contributed by atoms with E-state index >= 15 is 0 Å². The summed E-state index contributed by atoms with van der Waals surface area (Å²) >= 11 is 0. The van der Waals surface area contributed by atoms with Crippen LogP contribution in [0.3, 0.4) is 0 Å². The molecule has 0 spiro atoms. The fourth-order valence-corrected chi connectivity index (χ4v) is 2.64. The average molecular weight is 358 g/mol. The summed E-state index contributed by atoms with van der Waals surface area (Å²) in [6.45, 7) is 3.69. The van der Waals surface area contributed by atoms with Crippen LogP contribution in [0, 0.1) is 0 Å². The van der Waals surface area contributed by atoms with E-state index in [4.69, 9.17) is 18.9 Å². The van der Waals surface area contributed by atoms with Crippen LogP contribution in [-0.4, -0.2) is 32.6 Å². The molecule has 0 aliphatic carbocycles. The van der Waals surface area contributed by atoms with Crippen LogP contribution in [0.1, 0.15) is 37.2 Å². The van der Waals surface area contributed by atoms with E-state index < -0.39 is 18.4 Å². The molecule has 0 heterocycles. The lowest BCUT2D eigenvalue weighted by Crippen LogP contribution is -2.27. The number of hydrogen-bond acceptors (Lipinski definition) is 5. The number of carbonyl (C=O) groups is 1. The van der Waals surface area contributed by atoms with E-state index in [1.807, 2.05) is 74.5 Å². The zero-order valence-electron chi connectivity index (χ0n) is 15.6. The maximum atomic E-state index is 12.5. The summed E-state index contributed by atoms with van der Waals surface area (Å²) in [4.78, 5) is 12.5. The van der Waals surface area contributed by atoms with Crippen molar-refractivity contribution in [2.75, 3.05) is 14.2 Å². The van der Waals surface area contributed by atoms with E-state index in [9.17, 15) is 4.79 Å². The molecule has 0 bridgehead atoms. The highest BCUT2D eigenvalue weighted by molar-refractivity contribution is 5.61. The lowest BCUT2D eigenvalue weighted by atomic mass is 10.1. The van der Waals surface area contributed by atoms with Gasteiger partial charge in [0.2, 0.25) is 0 Å². The second kappa shape index (κ2) is 9.94. The largest absolute Gasteiger partial charge is 0.509 e. The summed E-state index contributed by atoms with van der Waals surface area (Å²) in [6.07, 6.45) is -2.54. The first-order chi connectivity index (χ1) is 12.6. The molecule has 0 radical (unpaired) electrons. The zero-order valence-corrected chi connectivity index (χ0v) is 15.6. The van der Waals surface area contributed by atoms with Gasteiger partial charge in [-0.2, -0.15) is 0 Å². The van der Waals surface area contributed by atoms with Gasteiger partial charge in [-0.25, -0.2) is 4.79 Å². The highest BCUT2D eigenvalue weighted by Crippen LogP contribution is 2.27. The molecule has 5 nitrogen and oxygen atoms in total. The van der Waals surface area contributed by atoms with Gasteiger partial charge in [0.25, 0.3) is 0 Å². The molecule has 140 valence electrons. The van der Waals surface area contributed by atoms with E-state index in [0.29, 0.717) is 0 Å². The van der Waals surface area contributed by atoms with Crippen molar-refractivity contribution in [2.24, 2.45) is 0 Å². The van der Waals surface area contributed by atoms with Crippen molar-refractivity contribution in [3.8, 4) is 0 Å². The molecule has 26 heavy (non-hydrogen) atoms. The van der Waals surface area contributed by atoms with Gasteiger partial charge in [0.05, 0.1) is 12.2 Å². The number of rotatable bonds is 8. The first-order valence-electron chi connectivity index (χ1n) is 8.59. The molecule has 0 aliphatic rings. The maximum Gasteiger partial charge on any atom is 0.509 e. The van der Waals surface area contributed by atoms with E-state index in [0.717, 1.165) is 11.1 Å². The van der Waals surface area contributed by atoms with Gasteiger partial charge in [-0.05, 0) is 25.0 Å².